The van der Waals surface area contributed by atoms with Crippen LogP contribution in [0.4, 0.5) is 0 Å². The summed E-state index contributed by atoms with van der Waals surface area (Å²) in [6.07, 6.45) is 4.44. The van der Waals surface area contributed by atoms with Crippen molar-refractivity contribution in [2.45, 2.75) is 200 Å². The second-order valence-corrected chi connectivity index (χ2v) is 20.0. The van der Waals surface area contributed by atoms with Gasteiger partial charge in [0.1, 0.15) is 18.0 Å². The Morgan fingerprint density at radius 1 is 0.735 bits per heavy atom. The molecule has 2 aliphatic rings. The molecule has 2 heterocycles. The van der Waals surface area contributed by atoms with Crippen LogP contribution in [0.15, 0.2) is 12.1 Å². The van der Waals surface area contributed by atoms with E-state index in [1.54, 1.807) is 0 Å². The second kappa shape index (κ2) is 14.1. The number of benzene rings is 1. The molecule has 0 bridgehead atoms. The Hall–Kier alpha value is -2.12. The van der Waals surface area contributed by atoms with E-state index in [2.05, 4.69) is 128 Å². The summed E-state index contributed by atoms with van der Waals surface area (Å²) < 4.78 is 12.9. The van der Waals surface area contributed by atoms with Gasteiger partial charge < -0.3 is 14.6 Å². The van der Waals surface area contributed by atoms with Crippen molar-refractivity contribution < 1.29 is 24.2 Å². The van der Waals surface area contributed by atoms with E-state index in [1.165, 1.54) is 0 Å². The highest BCUT2D eigenvalue weighted by atomic mass is 16.6. The number of aromatic hydroxyl groups is 1. The molecule has 2 saturated heterocycles. The lowest BCUT2D eigenvalue weighted by atomic mass is 9.74. The first-order valence-electron chi connectivity index (χ1n) is 18.8. The van der Waals surface area contributed by atoms with Crippen LogP contribution in [0, 0.1) is 5.92 Å². The minimum Gasteiger partial charge on any atom is -0.507 e. The van der Waals surface area contributed by atoms with E-state index < -0.39 is 23.8 Å². The van der Waals surface area contributed by atoms with Crippen LogP contribution in [0.25, 0.3) is 0 Å². The van der Waals surface area contributed by atoms with E-state index in [0.29, 0.717) is 32.1 Å². The average Bonchev–Trinajstić information content (AvgIpc) is 2.90. The predicted octanol–water partition coefficient (Wildman–Crippen LogP) is 9.27. The Morgan fingerprint density at radius 3 is 1.35 bits per heavy atom. The van der Waals surface area contributed by atoms with Crippen LogP contribution in [0.3, 0.4) is 0 Å². The molecule has 1 unspecified atom stereocenters. The summed E-state index contributed by atoms with van der Waals surface area (Å²) >= 11 is 0. The van der Waals surface area contributed by atoms with Gasteiger partial charge in [0, 0.05) is 53.8 Å². The highest BCUT2D eigenvalue weighted by molar-refractivity contribution is 5.96. The lowest BCUT2D eigenvalue weighted by molar-refractivity contribution is -0.178. The molecule has 7 nitrogen and oxygen atoms in total. The molecule has 3 rings (SSSR count). The van der Waals surface area contributed by atoms with E-state index in [0.717, 1.165) is 29.5 Å². The first-order chi connectivity index (χ1) is 22.0. The van der Waals surface area contributed by atoms with E-state index in [4.69, 9.17) is 9.47 Å². The molecule has 0 aromatic heterocycles. The Morgan fingerprint density at radius 2 is 1.06 bits per heavy atom. The van der Waals surface area contributed by atoms with Gasteiger partial charge in [-0.15, -0.1) is 0 Å². The van der Waals surface area contributed by atoms with Gasteiger partial charge in [-0.2, -0.15) is 0 Å². The molecule has 0 radical (unpaired) electrons. The third-order valence-corrected chi connectivity index (χ3v) is 12.1. The van der Waals surface area contributed by atoms with E-state index in [9.17, 15) is 14.7 Å². The number of likely N-dealkylation sites (tertiary alicyclic amines) is 2. The van der Waals surface area contributed by atoms with Gasteiger partial charge >= 0.3 is 11.9 Å². The van der Waals surface area contributed by atoms with Crippen molar-refractivity contribution in [3.05, 3.63) is 28.8 Å². The number of hydrogen-bond donors (Lipinski definition) is 1. The Balaban J connectivity index is 2.18. The minimum absolute atomic E-state index is 0.185. The van der Waals surface area contributed by atoms with E-state index in [1.807, 2.05) is 12.1 Å². The molecular weight excluding hydrogens is 612 g/mol. The zero-order valence-corrected chi connectivity index (χ0v) is 34.4. The maximum Gasteiger partial charge on any atom is 0.321 e. The van der Waals surface area contributed by atoms with Crippen molar-refractivity contribution in [2.75, 3.05) is 14.1 Å². The van der Waals surface area contributed by atoms with Gasteiger partial charge in [0.15, 0.2) is 5.92 Å². The van der Waals surface area contributed by atoms with Crippen LogP contribution in [0.5, 0.6) is 5.75 Å². The first-order valence-corrected chi connectivity index (χ1v) is 18.8. The first kappa shape index (κ1) is 41.3. The molecule has 1 N–H and O–H groups in total. The molecule has 1 aromatic carbocycles. The number of rotatable bonds is 9. The largest absolute Gasteiger partial charge is 0.507 e. The van der Waals surface area contributed by atoms with Gasteiger partial charge in [0.2, 0.25) is 0 Å². The standard InChI is InChI=1S/C42H72N2O5/c1-18-19-20-30(27-21-31(37(2,3)4)34(45)32(22-27)38(5,6)7)33(35(46)48-28-23-39(8,9)43(16)40(10,11)24-28)36(47)49-29-25-41(12,13)44(17)42(14,15)26-29/h21-22,28-30,33,45H,18-20,23-26H2,1-17H3. The SMILES string of the molecule is CCCCC(c1cc(C(C)(C)C)c(O)c(C(C)(C)C)c1)C(C(=O)OC1CC(C)(C)N(C)C(C)(C)C1)C(=O)OC1CC(C)(C)N(C)C(C)(C)C1. The van der Waals surface area contributed by atoms with Gasteiger partial charge in [-0.25, -0.2) is 0 Å². The Labute approximate surface area is 299 Å². The molecule has 0 aliphatic carbocycles. The number of carbonyl (C=O) groups excluding carboxylic acids is 2. The van der Waals surface area contributed by atoms with Crippen LogP contribution in [0.1, 0.15) is 171 Å². The molecule has 280 valence electrons. The zero-order valence-electron chi connectivity index (χ0n) is 34.4. The lowest BCUT2D eigenvalue weighted by Gasteiger charge is -2.53. The van der Waals surface area contributed by atoms with Crippen molar-refractivity contribution in [3.63, 3.8) is 0 Å². The fourth-order valence-electron chi connectivity index (χ4n) is 8.59. The van der Waals surface area contributed by atoms with Crippen LogP contribution >= 0.6 is 0 Å². The molecular formula is C42H72N2O5. The number of phenolic OH excluding ortho intramolecular Hbond substituents is 1. The third kappa shape index (κ3) is 9.22. The predicted molar refractivity (Wildman–Crippen MR) is 201 cm³/mol. The van der Waals surface area contributed by atoms with Gasteiger partial charge in [-0.3, -0.25) is 19.4 Å². The van der Waals surface area contributed by atoms with Crippen LogP contribution < -0.4 is 0 Å². The molecule has 0 saturated carbocycles. The third-order valence-electron chi connectivity index (χ3n) is 12.1. The van der Waals surface area contributed by atoms with Crippen molar-refractivity contribution in [3.8, 4) is 5.75 Å². The molecule has 2 fully saturated rings. The molecule has 49 heavy (non-hydrogen) atoms. The molecule has 0 amide bonds. The number of unbranched alkanes of at least 4 members (excludes halogenated alkanes) is 1. The molecule has 2 aliphatic heterocycles. The van der Waals surface area contributed by atoms with Gasteiger partial charge in [-0.05, 0) is 103 Å². The van der Waals surface area contributed by atoms with E-state index in [-0.39, 0.29) is 50.9 Å². The maximum atomic E-state index is 14.7. The number of ether oxygens (including phenoxy) is 2. The molecule has 0 spiro atoms. The summed E-state index contributed by atoms with van der Waals surface area (Å²) in [5.74, 6) is -2.31. The Kier molecular flexibility index (Phi) is 11.9. The molecule has 1 aromatic rings. The van der Waals surface area contributed by atoms with Crippen LogP contribution in [0.2, 0.25) is 0 Å². The monoisotopic (exact) mass is 685 g/mol. The second-order valence-electron chi connectivity index (χ2n) is 20.0. The summed E-state index contributed by atoms with van der Waals surface area (Å²) in [5.41, 5.74) is 1.06. The van der Waals surface area contributed by atoms with E-state index >= 15 is 0 Å². The van der Waals surface area contributed by atoms with Gasteiger partial charge in [0.25, 0.3) is 0 Å². The summed E-state index contributed by atoms with van der Waals surface area (Å²) in [6, 6.07) is 4.06. The van der Waals surface area contributed by atoms with Gasteiger partial charge in [0.05, 0.1) is 0 Å². The summed E-state index contributed by atoms with van der Waals surface area (Å²) in [5, 5.41) is 11.6. The molecule has 1 atom stereocenters. The van der Waals surface area contributed by atoms with Crippen molar-refractivity contribution in [1.29, 1.82) is 0 Å². The number of carbonyl (C=O) groups is 2. The number of piperidine rings is 2. The smallest absolute Gasteiger partial charge is 0.321 e. The Bertz CT molecular complexity index is 1220. The van der Waals surface area contributed by atoms with Crippen molar-refractivity contribution in [2.24, 2.45) is 5.92 Å². The maximum absolute atomic E-state index is 14.7. The fourth-order valence-corrected chi connectivity index (χ4v) is 8.59. The number of hydrogen-bond acceptors (Lipinski definition) is 7. The normalized spacial score (nSPS) is 22.6. The lowest BCUT2D eigenvalue weighted by Crippen LogP contribution is -2.61. The fraction of sp³-hybridized carbons (Fsp3) is 0.810. The minimum atomic E-state index is -1.13. The quantitative estimate of drug-likeness (QED) is 0.205. The summed E-state index contributed by atoms with van der Waals surface area (Å²) in [6.45, 7) is 32.2. The number of nitrogens with zero attached hydrogens (tertiary/aromatic N) is 2. The number of esters is 2. The van der Waals surface area contributed by atoms with Crippen molar-refractivity contribution >= 4 is 11.9 Å². The average molecular weight is 685 g/mol. The number of phenols is 1. The highest BCUT2D eigenvalue weighted by Gasteiger charge is 2.49. The van der Waals surface area contributed by atoms with Crippen LogP contribution in [-0.2, 0) is 29.9 Å². The van der Waals surface area contributed by atoms with Crippen molar-refractivity contribution in [1.82, 2.24) is 9.80 Å². The topological polar surface area (TPSA) is 79.3 Å². The summed E-state index contributed by atoms with van der Waals surface area (Å²) in [7, 11) is 4.27. The van der Waals surface area contributed by atoms with Crippen LogP contribution in [-0.4, -0.2) is 75.3 Å². The highest BCUT2D eigenvalue weighted by Crippen LogP contribution is 2.45. The zero-order chi connectivity index (χ0) is 37.7. The summed E-state index contributed by atoms with van der Waals surface area (Å²) in [4.78, 5) is 34.2. The molecule has 7 heteroatoms. The van der Waals surface area contributed by atoms with Gasteiger partial charge in [-0.1, -0.05) is 73.4 Å².